The Labute approximate surface area is 102 Å². The van der Waals surface area contributed by atoms with Gasteiger partial charge in [-0.15, -0.1) is 12.3 Å². The van der Waals surface area contributed by atoms with E-state index in [4.69, 9.17) is 11.2 Å². The summed E-state index contributed by atoms with van der Waals surface area (Å²) in [5, 5.41) is 3.30. The quantitative estimate of drug-likeness (QED) is 0.765. The van der Waals surface area contributed by atoms with Crippen molar-refractivity contribution in [1.29, 1.82) is 0 Å². The third kappa shape index (κ3) is 3.76. The molecule has 0 fully saturated rings. The van der Waals surface area contributed by atoms with Crippen molar-refractivity contribution in [1.82, 2.24) is 5.32 Å². The maximum absolute atomic E-state index is 13.6. The molecule has 0 aliphatic carbocycles. The molecule has 0 radical (unpaired) electrons. The summed E-state index contributed by atoms with van der Waals surface area (Å²) < 4.78 is 18.5. The Bertz CT molecular complexity index is 398. The summed E-state index contributed by atoms with van der Waals surface area (Å²) in [5.74, 6) is 2.53. The van der Waals surface area contributed by atoms with Crippen molar-refractivity contribution < 1.29 is 9.13 Å². The maximum atomic E-state index is 13.6. The van der Waals surface area contributed by atoms with E-state index in [1.165, 1.54) is 13.2 Å². The van der Waals surface area contributed by atoms with Crippen LogP contribution in [-0.4, -0.2) is 13.7 Å². The molecule has 92 valence electrons. The smallest absolute Gasteiger partial charge is 0.165 e. The van der Waals surface area contributed by atoms with Gasteiger partial charge in [0, 0.05) is 12.5 Å². The normalized spacial score (nSPS) is 11.9. The zero-order chi connectivity index (χ0) is 12.7. The summed E-state index contributed by atoms with van der Waals surface area (Å²) in [6.45, 7) is 2.84. The molecule has 1 atom stereocenters. The highest BCUT2D eigenvalue weighted by molar-refractivity contribution is 5.31. The standard InChI is InChI=1S/C14H18FNO/c1-4-6-7-13(16-5-2)11-8-9-14(17-3)12(15)10-11/h1,8-10,13,16H,5-7H2,2-3H3. The minimum absolute atomic E-state index is 0.0939. The fraction of sp³-hybridized carbons (Fsp3) is 0.429. The summed E-state index contributed by atoms with van der Waals surface area (Å²) in [7, 11) is 1.46. The molecule has 0 saturated heterocycles. The van der Waals surface area contributed by atoms with E-state index in [-0.39, 0.29) is 17.6 Å². The van der Waals surface area contributed by atoms with Gasteiger partial charge in [0.1, 0.15) is 0 Å². The van der Waals surface area contributed by atoms with Crippen LogP contribution in [0.2, 0.25) is 0 Å². The monoisotopic (exact) mass is 235 g/mol. The van der Waals surface area contributed by atoms with E-state index in [0.717, 1.165) is 18.5 Å². The van der Waals surface area contributed by atoms with Gasteiger partial charge in [0.15, 0.2) is 11.6 Å². The lowest BCUT2D eigenvalue weighted by Gasteiger charge is -2.17. The van der Waals surface area contributed by atoms with Crippen molar-refractivity contribution >= 4 is 0 Å². The highest BCUT2D eigenvalue weighted by Crippen LogP contribution is 2.24. The lowest BCUT2D eigenvalue weighted by molar-refractivity contribution is 0.385. The number of nitrogens with one attached hydrogen (secondary N) is 1. The van der Waals surface area contributed by atoms with E-state index in [1.807, 2.05) is 13.0 Å². The molecular weight excluding hydrogens is 217 g/mol. The number of methoxy groups -OCH3 is 1. The maximum Gasteiger partial charge on any atom is 0.165 e. The van der Waals surface area contributed by atoms with Gasteiger partial charge in [-0.3, -0.25) is 0 Å². The molecule has 0 saturated carbocycles. The van der Waals surface area contributed by atoms with Crippen molar-refractivity contribution in [2.45, 2.75) is 25.8 Å². The molecule has 1 aromatic carbocycles. The number of benzene rings is 1. The van der Waals surface area contributed by atoms with Crippen LogP contribution in [-0.2, 0) is 0 Å². The van der Waals surface area contributed by atoms with Crippen LogP contribution in [0.25, 0.3) is 0 Å². The van der Waals surface area contributed by atoms with Gasteiger partial charge in [-0.25, -0.2) is 4.39 Å². The van der Waals surface area contributed by atoms with E-state index >= 15 is 0 Å². The molecule has 0 heterocycles. The van der Waals surface area contributed by atoms with Crippen molar-refractivity contribution in [3.63, 3.8) is 0 Å². The lowest BCUT2D eigenvalue weighted by Crippen LogP contribution is -2.20. The van der Waals surface area contributed by atoms with Crippen LogP contribution in [0, 0.1) is 18.2 Å². The summed E-state index contributed by atoms with van der Waals surface area (Å²) >= 11 is 0. The first kappa shape index (κ1) is 13.5. The van der Waals surface area contributed by atoms with Gasteiger partial charge in [0.05, 0.1) is 7.11 Å². The predicted octanol–water partition coefficient (Wildman–Crippen LogP) is 2.90. The van der Waals surface area contributed by atoms with Crippen LogP contribution in [0.1, 0.15) is 31.4 Å². The highest BCUT2D eigenvalue weighted by atomic mass is 19.1. The molecule has 1 rings (SSSR count). The van der Waals surface area contributed by atoms with Crippen LogP contribution >= 0.6 is 0 Å². The van der Waals surface area contributed by atoms with Gasteiger partial charge in [-0.1, -0.05) is 13.0 Å². The average Bonchev–Trinajstić information content (AvgIpc) is 2.34. The first-order chi connectivity index (χ1) is 8.22. The molecule has 0 aliphatic rings. The molecule has 0 aromatic heterocycles. The summed E-state index contributed by atoms with van der Waals surface area (Å²) in [6, 6.07) is 5.11. The number of halogens is 1. The molecule has 17 heavy (non-hydrogen) atoms. The second-order valence-corrected chi connectivity index (χ2v) is 3.75. The summed E-state index contributed by atoms with van der Waals surface area (Å²) in [6.07, 6.45) is 6.73. The summed E-state index contributed by atoms with van der Waals surface area (Å²) in [4.78, 5) is 0. The Hall–Kier alpha value is -1.53. The molecule has 1 aromatic rings. The van der Waals surface area contributed by atoms with Gasteiger partial charge in [0.2, 0.25) is 0 Å². The molecule has 0 bridgehead atoms. The largest absolute Gasteiger partial charge is 0.494 e. The van der Waals surface area contributed by atoms with Crippen molar-refractivity contribution in [2.75, 3.05) is 13.7 Å². The lowest BCUT2D eigenvalue weighted by atomic mass is 10.0. The Morgan fingerprint density at radius 1 is 1.53 bits per heavy atom. The SMILES string of the molecule is C#CCCC(NCC)c1ccc(OC)c(F)c1. The minimum Gasteiger partial charge on any atom is -0.494 e. The molecule has 0 spiro atoms. The van der Waals surface area contributed by atoms with Gasteiger partial charge < -0.3 is 10.1 Å². The topological polar surface area (TPSA) is 21.3 Å². The van der Waals surface area contributed by atoms with E-state index in [1.54, 1.807) is 6.07 Å². The number of hydrogen-bond acceptors (Lipinski definition) is 2. The molecular formula is C14H18FNO. The van der Waals surface area contributed by atoms with E-state index in [9.17, 15) is 4.39 Å². The Morgan fingerprint density at radius 2 is 2.29 bits per heavy atom. The number of ether oxygens (including phenoxy) is 1. The Balaban J connectivity index is 2.86. The average molecular weight is 235 g/mol. The molecule has 3 heteroatoms. The number of hydrogen-bond donors (Lipinski definition) is 1. The Morgan fingerprint density at radius 3 is 2.82 bits per heavy atom. The number of rotatable bonds is 6. The molecule has 2 nitrogen and oxygen atoms in total. The van der Waals surface area contributed by atoms with Gasteiger partial charge in [0.25, 0.3) is 0 Å². The van der Waals surface area contributed by atoms with Gasteiger partial charge >= 0.3 is 0 Å². The molecule has 1 N–H and O–H groups in total. The second-order valence-electron chi connectivity index (χ2n) is 3.75. The first-order valence-corrected chi connectivity index (χ1v) is 5.73. The van der Waals surface area contributed by atoms with Crippen molar-refractivity contribution in [3.05, 3.63) is 29.6 Å². The van der Waals surface area contributed by atoms with E-state index in [0.29, 0.717) is 6.42 Å². The molecule has 0 amide bonds. The second kappa shape index (κ2) is 6.93. The summed E-state index contributed by atoms with van der Waals surface area (Å²) in [5.41, 5.74) is 0.903. The van der Waals surface area contributed by atoms with Crippen molar-refractivity contribution in [2.24, 2.45) is 0 Å². The first-order valence-electron chi connectivity index (χ1n) is 5.73. The number of terminal acetylenes is 1. The molecule has 0 aliphatic heterocycles. The van der Waals surface area contributed by atoms with Gasteiger partial charge in [-0.05, 0) is 30.7 Å². The zero-order valence-electron chi connectivity index (χ0n) is 10.3. The van der Waals surface area contributed by atoms with Gasteiger partial charge in [-0.2, -0.15) is 0 Å². The third-order valence-corrected chi connectivity index (χ3v) is 2.61. The minimum atomic E-state index is -0.339. The molecule has 1 unspecified atom stereocenters. The van der Waals surface area contributed by atoms with E-state index in [2.05, 4.69) is 11.2 Å². The van der Waals surface area contributed by atoms with Crippen LogP contribution in [0.5, 0.6) is 5.75 Å². The van der Waals surface area contributed by atoms with Crippen LogP contribution in [0.3, 0.4) is 0 Å². The van der Waals surface area contributed by atoms with Crippen LogP contribution < -0.4 is 10.1 Å². The zero-order valence-corrected chi connectivity index (χ0v) is 10.3. The predicted molar refractivity (Wildman–Crippen MR) is 67.4 cm³/mol. The fourth-order valence-corrected chi connectivity index (χ4v) is 1.76. The van der Waals surface area contributed by atoms with Crippen LogP contribution in [0.15, 0.2) is 18.2 Å². The fourth-order valence-electron chi connectivity index (χ4n) is 1.76. The van der Waals surface area contributed by atoms with Crippen molar-refractivity contribution in [3.8, 4) is 18.1 Å². The third-order valence-electron chi connectivity index (χ3n) is 2.61. The van der Waals surface area contributed by atoms with Crippen LogP contribution in [0.4, 0.5) is 4.39 Å². The Kier molecular flexibility index (Phi) is 5.51. The highest BCUT2D eigenvalue weighted by Gasteiger charge is 2.12. The van der Waals surface area contributed by atoms with E-state index < -0.39 is 0 Å².